The summed E-state index contributed by atoms with van der Waals surface area (Å²) in [5, 5.41) is 3.07. The number of amides is 2. The first kappa shape index (κ1) is 14.9. The number of carbonyl (C=O) groups is 1. The van der Waals surface area contributed by atoms with E-state index < -0.39 is 0 Å². The van der Waals surface area contributed by atoms with E-state index in [9.17, 15) is 4.79 Å². The fourth-order valence-electron chi connectivity index (χ4n) is 4.47. The molecule has 1 atom stereocenters. The number of nitrogens with zero attached hydrogens (tertiary/aromatic N) is 2. The lowest BCUT2D eigenvalue weighted by atomic mass is 9.66. The van der Waals surface area contributed by atoms with Crippen molar-refractivity contribution in [1.82, 2.24) is 15.2 Å². The number of carbonyl (C=O) groups excluding carboxylic acids is 1. The summed E-state index contributed by atoms with van der Waals surface area (Å²) in [4.78, 5) is 18.9. The quantitative estimate of drug-likeness (QED) is 0.877. The molecular formula is C18H26N4O. The number of fused-ring (bicyclic) bond motifs is 1. The standard InChI is InChI=1S/C18H26N4O/c19-16-11-22(12-18(16)7-3-8-18)17(23)21-10-15-14-5-2-1-4-13(14)6-9-20-15/h6,9,16H,1-5,7-8,10-12,19H2,(H,21,23). The van der Waals surface area contributed by atoms with E-state index in [1.165, 1.54) is 43.2 Å². The number of pyridine rings is 1. The second-order valence-electron chi connectivity index (χ2n) is 7.46. The van der Waals surface area contributed by atoms with Gasteiger partial charge < -0.3 is 16.0 Å². The smallest absolute Gasteiger partial charge is 0.317 e. The third kappa shape index (κ3) is 2.61. The van der Waals surface area contributed by atoms with E-state index in [-0.39, 0.29) is 17.5 Å². The zero-order chi connectivity index (χ0) is 15.9. The number of rotatable bonds is 2. The number of hydrogen-bond donors (Lipinski definition) is 2. The molecule has 0 aromatic carbocycles. The van der Waals surface area contributed by atoms with Crippen molar-refractivity contribution in [2.24, 2.45) is 11.1 Å². The Morgan fingerprint density at radius 2 is 2.17 bits per heavy atom. The van der Waals surface area contributed by atoms with Crippen molar-refractivity contribution in [2.75, 3.05) is 13.1 Å². The minimum atomic E-state index is 0.0134. The summed E-state index contributed by atoms with van der Waals surface area (Å²) in [5.41, 5.74) is 10.3. The minimum Gasteiger partial charge on any atom is -0.332 e. The van der Waals surface area contributed by atoms with Gasteiger partial charge in [-0.1, -0.05) is 6.42 Å². The van der Waals surface area contributed by atoms with Gasteiger partial charge in [0.15, 0.2) is 0 Å². The van der Waals surface area contributed by atoms with Gasteiger partial charge in [0.2, 0.25) is 0 Å². The van der Waals surface area contributed by atoms with Crippen LogP contribution in [0.5, 0.6) is 0 Å². The van der Waals surface area contributed by atoms with Crippen LogP contribution in [-0.2, 0) is 19.4 Å². The molecule has 23 heavy (non-hydrogen) atoms. The lowest BCUT2D eigenvalue weighted by Crippen LogP contribution is -2.45. The number of likely N-dealkylation sites (tertiary alicyclic amines) is 1. The number of hydrogen-bond acceptors (Lipinski definition) is 3. The number of nitrogens with one attached hydrogen (secondary N) is 1. The van der Waals surface area contributed by atoms with Gasteiger partial charge in [-0.05, 0) is 55.7 Å². The van der Waals surface area contributed by atoms with E-state index in [0.29, 0.717) is 13.1 Å². The van der Waals surface area contributed by atoms with Gasteiger partial charge in [-0.25, -0.2) is 4.79 Å². The van der Waals surface area contributed by atoms with Crippen LogP contribution in [-0.4, -0.2) is 35.0 Å². The van der Waals surface area contributed by atoms with Crippen LogP contribution < -0.4 is 11.1 Å². The van der Waals surface area contributed by atoms with Crippen molar-refractivity contribution < 1.29 is 4.79 Å². The number of aryl methyl sites for hydroxylation is 1. The normalized spacial score (nSPS) is 25.1. The largest absolute Gasteiger partial charge is 0.332 e. The Labute approximate surface area is 137 Å². The Morgan fingerprint density at radius 3 is 2.91 bits per heavy atom. The predicted octanol–water partition coefficient (Wildman–Crippen LogP) is 1.98. The molecule has 2 amide bonds. The molecule has 2 heterocycles. The molecule has 1 saturated heterocycles. The molecule has 1 aromatic rings. The summed E-state index contributed by atoms with van der Waals surface area (Å²) >= 11 is 0. The van der Waals surface area contributed by atoms with E-state index in [4.69, 9.17) is 5.73 Å². The number of nitrogens with two attached hydrogens (primary N) is 1. The van der Waals surface area contributed by atoms with Crippen molar-refractivity contribution in [3.8, 4) is 0 Å². The summed E-state index contributed by atoms with van der Waals surface area (Å²) in [6.45, 7) is 2.03. The maximum atomic E-state index is 12.5. The van der Waals surface area contributed by atoms with Crippen LogP contribution in [0.3, 0.4) is 0 Å². The van der Waals surface area contributed by atoms with E-state index in [0.717, 1.165) is 25.1 Å². The first-order chi connectivity index (χ1) is 11.2. The van der Waals surface area contributed by atoms with Crippen molar-refractivity contribution in [3.05, 3.63) is 29.1 Å². The lowest BCUT2D eigenvalue weighted by Gasteiger charge is -2.41. The highest BCUT2D eigenvalue weighted by Crippen LogP contribution is 2.47. The highest BCUT2D eigenvalue weighted by atomic mass is 16.2. The Morgan fingerprint density at radius 1 is 1.35 bits per heavy atom. The van der Waals surface area contributed by atoms with Crippen molar-refractivity contribution >= 4 is 6.03 Å². The summed E-state index contributed by atoms with van der Waals surface area (Å²) in [5.74, 6) is 0. The van der Waals surface area contributed by atoms with Gasteiger partial charge in [0.05, 0.1) is 12.2 Å². The van der Waals surface area contributed by atoms with Gasteiger partial charge in [-0.2, -0.15) is 0 Å². The van der Waals surface area contributed by atoms with Gasteiger partial charge in [0, 0.05) is 30.7 Å². The summed E-state index contributed by atoms with van der Waals surface area (Å²) in [6, 6.07) is 2.28. The molecule has 1 unspecified atom stereocenters. The Bertz CT molecular complexity index is 611. The first-order valence-electron chi connectivity index (χ1n) is 8.92. The van der Waals surface area contributed by atoms with Gasteiger partial charge in [0.25, 0.3) is 0 Å². The molecule has 1 spiro atoms. The third-order valence-electron chi connectivity index (χ3n) is 6.12. The maximum Gasteiger partial charge on any atom is 0.317 e. The van der Waals surface area contributed by atoms with E-state index in [2.05, 4.69) is 16.4 Å². The molecule has 5 heteroatoms. The number of aromatic nitrogens is 1. The molecule has 1 saturated carbocycles. The molecule has 0 radical (unpaired) electrons. The molecule has 1 aliphatic heterocycles. The molecule has 0 bridgehead atoms. The van der Waals surface area contributed by atoms with E-state index >= 15 is 0 Å². The minimum absolute atomic E-state index is 0.0134. The Hall–Kier alpha value is -1.62. The zero-order valence-electron chi connectivity index (χ0n) is 13.7. The fraction of sp³-hybridized carbons (Fsp3) is 0.667. The van der Waals surface area contributed by atoms with Crippen molar-refractivity contribution in [2.45, 2.75) is 57.5 Å². The van der Waals surface area contributed by atoms with Crippen LogP contribution in [0.2, 0.25) is 0 Å². The SMILES string of the molecule is NC1CN(C(=O)NCc2nccc3c2CCCC3)CC12CCC2. The van der Waals surface area contributed by atoms with E-state index in [1.54, 1.807) is 0 Å². The third-order valence-corrected chi connectivity index (χ3v) is 6.12. The van der Waals surface area contributed by atoms with Crippen LogP contribution in [0.25, 0.3) is 0 Å². The molecule has 2 fully saturated rings. The molecule has 124 valence electrons. The number of urea groups is 1. The van der Waals surface area contributed by atoms with Gasteiger partial charge in [0.1, 0.15) is 0 Å². The van der Waals surface area contributed by atoms with Gasteiger partial charge >= 0.3 is 6.03 Å². The van der Waals surface area contributed by atoms with Crippen LogP contribution in [0.1, 0.15) is 48.9 Å². The van der Waals surface area contributed by atoms with Gasteiger partial charge in [-0.15, -0.1) is 0 Å². The van der Waals surface area contributed by atoms with Crippen molar-refractivity contribution in [1.29, 1.82) is 0 Å². The highest BCUT2D eigenvalue weighted by Gasteiger charge is 2.49. The molecule has 5 nitrogen and oxygen atoms in total. The summed E-state index contributed by atoms with van der Waals surface area (Å²) in [6.07, 6.45) is 10.2. The topological polar surface area (TPSA) is 71.2 Å². The maximum absolute atomic E-state index is 12.5. The lowest BCUT2D eigenvalue weighted by molar-refractivity contribution is 0.125. The van der Waals surface area contributed by atoms with Crippen LogP contribution in [0.15, 0.2) is 12.3 Å². The van der Waals surface area contributed by atoms with Gasteiger partial charge in [-0.3, -0.25) is 4.98 Å². The molecule has 3 aliphatic rings. The monoisotopic (exact) mass is 314 g/mol. The molecule has 3 N–H and O–H groups in total. The summed E-state index contributed by atoms with van der Waals surface area (Å²) in [7, 11) is 0. The van der Waals surface area contributed by atoms with Crippen LogP contribution in [0.4, 0.5) is 4.79 Å². The average Bonchev–Trinajstić information content (AvgIpc) is 2.90. The van der Waals surface area contributed by atoms with Crippen LogP contribution in [0, 0.1) is 5.41 Å². The zero-order valence-corrected chi connectivity index (χ0v) is 13.7. The average molecular weight is 314 g/mol. The molecule has 2 aliphatic carbocycles. The molecule has 1 aromatic heterocycles. The van der Waals surface area contributed by atoms with Crippen LogP contribution >= 0.6 is 0 Å². The second kappa shape index (κ2) is 5.78. The Kier molecular flexibility index (Phi) is 3.76. The molecule has 4 rings (SSSR count). The predicted molar refractivity (Wildman–Crippen MR) is 88.9 cm³/mol. The summed E-state index contributed by atoms with van der Waals surface area (Å²) < 4.78 is 0. The molecular weight excluding hydrogens is 288 g/mol. The van der Waals surface area contributed by atoms with E-state index in [1.807, 2.05) is 11.1 Å². The second-order valence-corrected chi connectivity index (χ2v) is 7.46. The fourth-order valence-corrected chi connectivity index (χ4v) is 4.47. The Balaban J connectivity index is 1.39. The van der Waals surface area contributed by atoms with Crippen molar-refractivity contribution in [3.63, 3.8) is 0 Å². The first-order valence-corrected chi connectivity index (χ1v) is 8.92. The highest BCUT2D eigenvalue weighted by molar-refractivity contribution is 5.74.